The van der Waals surface area contributed by atoms with Gasteiger partial charge in [0, 0.05) is 26.2 Å². The van der Waals surface area contributed by atoms with Crippen molar-refractivity contribution in [2.24, 2.45) is 0 Å². The molecule has 2 saturated heterocycles. The highest BCUT2D eigenvalue weighted by Gasteiger charge is 2.23. The fourth-order valence-corrected chi connectivity index (χ4v) is 5.20. The van der Waals surface area contributed by atoms with Gasteiger partial charge in [0.15, 0.2) is 0 Å². The number of nitrogens with zero attached hydrogens (tertiary/aromatic N) is 4. The molecule has 0 N–H and O–H groups in total. The molecule has 2 amide bonds. The Morgan fingerprint density at radius 3 is 1.83 bits per heavy atom. The van der Waals surface area contributed by atoms with E-state index in [-0.39, 0.29) is 24.9 Å². The van der Waals surface area contributed by atoms with Crippen LogP contribution in [-0.2, 0) is 22.7 Å². The van der Waals surface area contributed by atoms with Crippen molar-refractivity contribution in [1.29, 1.82) is 0 Å². The van der Waals surface area contributed by atoms with Crippen LogP contribution in [-0.4, -0.2) is 56.9 Å². The SMILES string of the molecule is O=C(Cn1c(=O)c2sccc2n(CC(=O)N2CCCCCC2)c1=O)N1CCCCC1. The number of fused-ring (bicyclic) bond motifs is 1. The number of carbonyl (C=O) groups is 2. The Morgan fingerprint density at radius 2 is 1.27 bits per heavy atom. The molecule has 0 atom stereocenters. The molecule has 2 aromatic rings. The monoisotopic (exact) mass is 432 g/mol. The molecule has 4 rings (SSSR count). The first-order chi connectivity index (χ1) is 14.6. The van der Waals surface area contributed by atoms with Gasteiger partial charge in [-0.15, -0.1) is 11.3 Å². The Hall–Kier alpha value is -2.42. The lowest BCUT2D eigenvalue weighted by Crippen LogP contribution is -2.47. The second kappa shape index (κ2) is 9.16. The number of carbonyl (C=O) groups excluding carboxylic acids is 2. The predicted molar refractivity (Wildman–Crippen MR) is 116 cm³/mol. The van der Waals surface area contributed by atoms with Gasteiger partial charge < -0.3 is 9.80 Å². The molecule has 0 saturated carbocycles. The fraction of sp³-hybridized carbons (Fsp3) is 0.619. The lowest BCUT2D eigenvalue weighted by Gasteiger charge is -2.27. The molecule has 9 heteroatoms. The van der Waals surface area contributed by atoms with Crippen LogP contribution in [0.2, 0.25) is 0 Å². The van der Waals surface area contributed by atoms with Crippen molar-refractivity contribution in [3.63, 3.8) is 0 Å². The van der Waals surface area contributed by atoms with Crippen LogP contribution in [0.5, 0.6) is 0 Å². The fourth-order valence-electron chi connectivity index (χ4n) is 4.36. The van der Waals surface area contributed by atoms with Gasteiger partial charge in [0.25, 0.3) is 5.56 Å². The number of aromatic nitrogens is 2. The van der Waals surface area contributed by atoms with E-state index in [0.29, 0.717) is 36.4 Å². The predicted octanol–water partition coefficient (Wildman–Crippen LogP) is 1.64. The normalized spacial score (nSPS) is 17.9. The third kappa shape index (κ3) is 4.21. The number of piperidine rings is 1. The number of hydrogen-bond donors (Lipinski definition) is 0. The van der Waals surface area contributed by atoms with Crippen LogP contribution >= 0.6 is 11.3 Å². The van der Waals surface area contributed by atoms with Crippen LogP contribution in [0.25, 0.3) is 10.2 Å². The molecule has 8 nitrogen and oxygen atoms in total. The van der Waals surface area contributed by atoms with Crippen LogP contribution in [0.3, 0.4) is 0 Å². The summed E-state index contributed by atoms with van der Waals surface area (Å²) in [5.74, 6) is -0.325. The lowest BCUT2D eigenvalue weighted by atomic mass is 10.1. The maximum atomic E-state index is 13.2. The Morgan fingerprint density at radius 1 is 0.767 bits per heavy atom. The van der Waals surface area contributed by atoms with E-state index in [1.807, 2.05) is 4.90 Å². The third-order valence-corrected chi connectivity index (χ3v) is 6.98. The van der Waals surface area contributed by atoms with E-state index < -0.39 is 11.2 Å². The van der Waals surface area contributed by atoms with Crippen LogP contribution in [0.4, 0.5) is 0 Å². The standard InChI is InChI=1S/C21H28N4O4S/c26-17(22-9-4-1-2-5-10-22)14-24-16-8-13-30-19(16)20(28)25(21(24)29)15-18(27)23-11-6-3-7-12-23/h8,13H,1-7,9-12,14-15H2. The van der Waals surface area contributed by atoms with Gasteiger partial charge in [-0.3, -0.25) is 19.0 Å². The summed E-state index contributed by atoms with van der Waals surface area (Å²) < 4.78 is 2.78. The van der Waals surface area contributed by atoms with E-state index >= 15 is 0 Å². The van der Waals surface area contributed by atoms with E-state index in [2.05, 4.69) is 0 Å². The highest BCUT2D eigenvalue weighted by molar-refractivity contribution is 7.17. The Balaban J connectivity index is 1.65. The van der Waals surface area contributed by atoms with Gasteiger partial charge in [-0.2, -0.15) is 0 Å². The van der Waals surface area contributed by atoms with Crippen molar-refractivity contribution in [2.45, 2.75) is 58.0 Å². The summed E-state index contributed by atoms with van der Waals surface area (Å²) in [7, 11) is 0. The van der Waals surface area contributed by atoms with Gasteiger partial charge in [0.05, 0.1) is 5.52 Å². The molecule has 0 spiro atoms. The Bertz CT molecular complexity index is 1040. The Kier molecular flexibility index (Phi) is 6.36. The summed E-state index contributed by atoms with van der Waals surface area (Å²) in [6.07, 6.45) is 7.15. The molecule has 0 bridgehead atoms. The number of rotatable bonds is 4. The van der Waals surface area contributed by atoms with Crippen LogP contribution in [0.15, 0.2) is 21.0 Å². The van der Waals surface area contributed by atoms with Gasteiger partial charge in [-0.1, -0.05) is 12.8 Å². The largest absolute Gasteiger partial charge is 0.341 e. The molecule has 4 heterocycles. The number of likely N-dealkylation sites (tertiary alicyclic amines) is 2. The van der Waals surface area contributed by atoms with Gasteiger partial charge in [0.2, 0.25) is 11.8 Å². The second-order valence-corrected chi connectivity index (χ2v) is 9.05. The Labute approximate surface area is 178 Å². The van der Waals surface area contributed by atoms with Crippen molar-refractivity contribution in [3.8, 4) is 0 Å². The molecular weight excluding hydrogens is 404 g/mol. The van der Waals surface area contributed by atoms with Crippen LogP contribution in [0.1, 0.15) is 44.9 Å². The van der Waals surface area contributed by atoms with Crippen molar-refractivity contribution in [2.75, 3.05) is 26.2 Å². The van der Waals surface area contributed by atoms with Crippen molar-refractivity contribution in [3.05, 3.63) is 32.3 Å². The molecule has 30 heavy (non-hydrogen) atoms. The van der Waals surface area contributed by atoms with Crippen molar-refractivity contribution < 1.29 is 9.59 Å². The molecule has 2 aliphatic heterocycles. The third-order valence-electron chi connectivity index (χ3n) is 6.09. The summed E-state index contributed by atoms with van der Waals surface area (Å²) >= 11 is 1.24. The smallest absolute Gasteiger partial charge is 0.332 e. The molecule has 0 radical (unpaired) electrons. The zero-order valence-electron chi connectivity index (χ0n) is 17.2. The van der Waals surface area contributed by atoms with Crippen LogP contribution < -0.4 is 11.2 Å². The zero-order chi connectivity index (χ0) is 21.1. The van der Waals surface area contributed by atoms with E-state index in [4.69, 9.17) is 0 Å². The molecule has 2 aromatic heterocycles. The second-order valence-electron chi connectivity index (χ2n) is 8.13. The van der Waals surface area contributed by atoms with E-state index in [0.717, 1.165) is 49.5 Å². The van der Waals surface area contributed by atoms with Gasteiger partial charge in [-0.25, -0.2) is 9.36 Å². The molecule has 162 valence electrons. The summed E-state index contributed by atoms with van der Waals surface area (Å²) in [6, 6.07) is 1.70. The van der Waals surface area contributed by atoms with Gasteiger partial charge in [-0.05, 0) is 43.6 Å². The first kappa shape index (κ1) is 20.8. The highest BCUT2D eigenvalue weighted by atomic mass is 32.1. The minimum atomic E-state index is -0.584. The minimum absolute atomic E-state index is 0.107. The molecule has 2 aliphatic rings. The average Bonchev–Trinajstić information content (AvgIpc) is 3.09. The van der Waals surface area contributed by atoms with Gasteiger partial charge >= 0.3 is 5.69 Å². The van der Waals surface area contributed by atoms with Crippen molar-refractivity contribution >= 4 is 33.4 Å². The number of amides is 2. The molecule has 0 unspecified atom stereocenters. The highest BCUT2D eigenvalue weighted by Crippen LogP contribution is 2.17. The van der Waals surface area contributed by atoms with Crippen molar-refractivity contribution in [1.82, 2.24) is 18.9 Å². The van der Waals surface area contributed by atoms with Crippen LogP contribution in [0, 0.1) is 0 Å². The van der Waals surface area contributed by atoms with Gasteiger partial charge in [0.1, 0.15) is 17.8 Å². The maximum Gasteiger partial charge on any atom is 0.332 e. The molecular formula is C21H28N4O4S. The first-order valence-corrected chi connectivity index (χ1v) is 11.7. The summed E-state index contributed by atoms with van der Waals surface area (Å²) in [6.45, 7) is 2.35. The average molecular weight is 433 g/mol. The number of thiophene rings is 1. The summed E-state index contributed by atoms with van der Waals surface area (Å²) in [5.41, 5.74) is -0.562. The van der Waals surface area contributed by atoms with E-state index in [1.54, 1.807) is 16.3 Å². The number of hydrogen-bond acceptors (Lipinski definition) is 5. The lowest BCUT2D eigenvalue weighted by molar-refractivity contribution is -0.132. The molecule has 0 aliphatic carbocycles. The molecule has 0 aromatic carbocycles. The van der Waals surface area contributed by atoms with E-state index in [1.165, 1.54) is 15.9 Å². The quantitative estimate of drug-likeness (QED) is 0.735. The maximum absolute atomic E-state index is 13.2. The van der Waals surface area contributed by atoms with E-state index in [9.17, 15) is 19.2 Å². The first-order valence-electron chi connectivity index (χ1n) is 10.8. The molecule has 2 fully saturated rings. The summed E-state index contributed by atoms with van der Waals surface area (Å²) in [4.78, 5) is 55.3. The minimum Gasteiger partial charge on any atom is -0.341 e. The summed E-state index contributed by atoms with van der Waals surface area (Å²) in [5, 5.41) is 1.75. The zero-order valence-corrected chi connectivity index (χ0v) is 18.0. The topological polar surface area (TPSA) is 84.6 Å².